The third kappa shape index (κ3) is 2.41. The van der Waals surface area contributed by atoms with E-state index in [0.29, 0.717) is 0 Å². The largest absolute Gasteiger partial charge is 0.207 e. The van der Waals surface area contributed by atoms with Crippen LogP contribution < -0.4 is 0 Å². The van der Waals surface area contributed by atoms with E-state index >= 15 is 0 Å². The Morgan fingerprint density at radius 3 is 2.06 bits per heavy atom. The van der Waals surface area contributed by atoms with Crippen LogP contribution in [0, 0.1) is 23.3 Å². The number of halogens is 5. The van der Waals surface area contributed by atoms with Crippen LogP contribution in [0.15, 0.2) is 36.4 Å². The summed E-state index contributed by atoms with van der Waals surface area (Å²) < 4.78 is 53.6. The molecule has 0 amide bonds. The molecule has 5 heteroatoms. The highest BCUT2D eigenvalue weighted by molar-refractivity contribution is 9.09. The van der Waals surface area contributed by atoms with Crippen LogP contribution >= 0.6 is 15.9 Å². The predicted molar refractivity (Wildman–Crippen MR) is 63.5 cm³/mol. The Labute approximate surface area is 109 Å². The molecule has 0 heterocycles. The summed E-state index contributed by atoms with van der Waals surface area (Å²) in [5, 5.41) is 0. The Morgan fingerprint density at radius 1 is 0.833 bits per heavy atom. The van der Waals surface area contributed by atoms with Crippen LogP contribution in [-0.4, -0.2) is 0 Å². The van der Waals surface area contributed by atoms with E-state index in [1.165, 1.54) is 6.07 Å². The molecule has 2 aromatic carbocycles. The second-order valence-electron chi connectivity index (χ2n) is 3.66. The average molecular weight is 319 g/mol. The fourth-order valence-electron chi connectivity index (χ4n) is 1.62. The predicted octanol–water partition coefficient (Wildman–Crippen LogP) is 4.73. The lowest BCUT2D eigenvalue weighted by Crippen LogP contribution is -2.03. The van der Waals surface area contributed by atoms with Gasteiger partial charge in [0.25, 0.3) is 0 Å². The first kappa shape index (κ1) is 13.1. The van der Waals surface area contributed by atoms with Crippen molar-refractivity contribution in [1.82, 2.24) is 0 Å². The number of alkyl halides is 1. The summed E-state index contributed by atoms with van der Waals surface area (Å²) >= 11 is 2.99. The maximum absolute atomic E-state index is 13.5. The minimum Gasteiger partial charge on any atom is -0.207 e. The molecule has 0 aliphatic heterocycles. The molecule has 1 unspecified atom stereocenters. The number of hydrogen-bond donors (Lipinski definition) is 0. The molecule has 1 atom stereocenters. The molecular weight excluding hydrogens is 312 g/mol. The maximum atomic E-state index is 13.5. The standard InChI is InChI=1S/C13H7BrF4/c14-13(8-6-7(15)4-5-9(8)16)12-10(17)2-1-3-11(12)18/h1-6,13H. The lowest BCUT2D eigenvalue weighted by Gasteiger charge is -2.13. The van der Waals surface area contributed by atoms with Crippen molar-refractivity contribution < 1.29 is 17.6 Å². The van der Waals surface area contributed by atoms with Gasteiger partial charge in [-0.15, -0.1) is 0 Å². The first-order chi connectivity index (χ1) is 8.50. The molecule has 0 N–H and O–H groups in total. The molecule has 0 spiro atoms. The summed E-state index contributed by atoms with van der Waals surface area (Å²) in [5.74, 6) is -3.05. The van der Waals surface area contributed by atoms with Gasteiger partial charge in [-0.2, -0.15) is 0 Å². The lowest BCUT2D eigenvalue weighted by molar-refractivity contribution is 0.552. The molecule has 0 saturated carbocycles. The van der Waals surface area contributed by atoms with E-state index in [1.54, 1.807) is 0 Å². The molecule has 2 aromatic rings. The van der Waals surface area contributed by atoms with Gasteiger partial charge in [-0.05, 0) is 30.3 Å². The summed E-state index contributed by atoms with van der Waals surface area (Å²) in [4.78, 5) is -1.09. The molecule has 0 saturated heterocycles. The van der Waals surface area contributed by atoms with Crippen LogP contribution in [0.25, 0.3) is 0 Å². The zero-order valence-electron chi connectivity index (χ0n) is 8.93. The van der Waals surface area contributed by atoms with Crippen molar-refractivity contribution in [3.63, 3.8) is 0 Å². The van der Waals surface area contributed by atoms with E-state index in [-0.39, 0.29) is 11.1 Å². The lowest BCUT2D eigenvalue weighted by atomic mass is 10.0. The highest BCUT2D eigenvalue weighted by atomic mass is 79.9. The van der Waals surface area contributed by atoms with Crippen molar-refractivity contribution in [2.75, 3.05) is 0 Å². The molecule has 0 aliphatic rings. The molecule has 2 rings (SSSR count). The van der Waals surface area contributed by atoms with Gasteiger partial charge in [-0.25, -0.2) is 17.6 Å². The molecule has 0 radical (unpaired) electrons. The van der Waals surface area contributed by atoms with Gasteiger partial charge >= 0.3 is 0 Å². The Balaban J connectivity index is 2.54. The van der Waals surface area contributed by atoms with Crippen molar-refractivity contribution in [3.05, 3.63) is 70.8 Å². The van der Waals surface area contributed by atoms with E-state index in [1.807, 2.05) is 0 Å². The SMILES string of the molecule is Fc1ccc(F)c(C(Br)c2c(F)cccc2F)c1. The van der Waals surface area contributed by atoms with Crippen molar-refractivity contribution in [2.45, 2.75) is 4.83 Å². The van der Waals surface area contributed by atoms with Gasteiger partial charge in [0.1, 0.15) is 23.3 Å². The smallest absolute Gasteiger partial charge is 0.130 e. The Kier molecular flexibility index (Phi) is 3.71. The minimum absolute atomic E-state index is 0.154. The van der Waals surface area contributed by atoms with Gasteiger partial charge in [-0.3, -0.25) is 0 Å². The maximum Gasteiger partial charge on any atom is 0.130 e. The quantitative estimate of drug-likeness (QED) is 0.555. The van der Waals surface area contributed by atoms with E-state index < -0.39 is 28.1 Å². The molecule has 18 heavy (non-hydrogen) atoms. The Bertz CT molecular complexity index is 563. The molecule has 0 bridgehead atoms. The van der Waals surface area contributed by atoms with Crippen LogP contribution in [0.1, 0.15) is 16.0 Å². The molecule has 0 aliphatic carbocycles. The Morgan fingerprint density at radius 2 is 1.44 bits per heavy atom. The summed E-state index contributed by atoms with van der Waals surface area (Å²) in [6, 6.07) is 6.08. The van der Waals surface area contributed by atoms with Gasteiger partial charge in [0.15, 0.2) is 0 Å². The van der Waals surface area contributed by atoms with Gasteiger partial charge in [-0.1, -0.05) is 22.0 Å². The minimum atomic E-state index is -1.09. The van der Waals surface area contributed by atoms with Crippen LogP contribution in [0.2, 0.25) is 0 Å². The van der Waals surface area contributed by atoms with Crippen molar-refractivity contribution in [1.29, 1.82) is 0 Å². The molecule has 94 valence electrons. The second kappa shape index (κ2) is 5.10. The molecule has 0 fully saturated rings. The fourth-order valence-corrected chi connectivity index (χ4v) is 2.41. The van der Waals surface area contributed by atoms with E-state index in [0.717, 1.165) is 30.3 Å². The van der Waals surface area contributed by atoms with Crippen LogP contribution in [0.4, 0.5) is 17.6 Å². The summed E-state index contributed by atoms with van der Waals surface area (Å²) in [6.45, 7) is 0. The topological polar surface area (TPSA) is 0 Å². The first-order valence-electron chi connectivity index (χ1n) is 5.03. The third-order valence-corrected chi connectivity index (χ3v) is 3.44. The van der Waals surface area contributed by atoms with Crippen molar-refractivity contribution in [2.24, 2.45) is 0 Å². The number of benzene rings is 2. The number of rotatable bonds is 2. The normalized spacial score (nSPS) is 12.5. The van der Waals surface area contributed by atoms with Gasteiger partial charge < -0.3 is 0 Å². The van der Waals surface area contributed by atoms with E-state index in [2.05, 4.69) is 15.9 Å². The molecular formula is C13H7BrF4. The van der Waals surface area contributed by atoms with E-state index in [4.69, 9.17) is 0 Å². The Hall–Kier alpha value is -1.36. The zero-order chi connectivity index (χ0) is 13.3. The molecule has 0 aromatic heterocycles. The zero-order valence-corrected chi connectivity index (χ0v) is 10.5. The van der Waals surface area contributed by atoms with Gasteiger partial charge in [0.2, 0.25) is 0 Å². The third-order valence-electron chi connectivity index (χ3n) is 2.48. The summed E-state index contributed by atoms with van der Waals surface area (Å²) in [5.41, 5.74) is -0.499. The van der Waals surface area contributed by atoms with E-state index in [9.17, 15) is 17.6 Å². The summed E-state index contributed by atoms with van der Waals surface area (Å²) in [6.07, 6.45) is 0. The molecule has 0 nitrogen and oxygen atoms in total. The fraction of sp³-hybridized carbons (Fsp3) is 0.0769. The van der Waals surface area contributed by atoms with Gasteiger partial charge in [0.05, 0.1) is 4.83 Å². The first-order valence-corrected chi connectivity index (χ1v) is 5.95. The van der Waals surface area contributed by atoms with Crippen LogP contribution in [-0.2, 0) is 0 Å². The average Bonchev–Trinajstić information content (AvgIpc) is 2.32. The number of hydrogen-bond acceptors (Lipinski definition) is 0. The summed E-state index contributed by atoms with van der Waals surface area (Å²) in [7, 11) is 0. The van der Waals surface area contributed by atoms with Crippen LogP contribution in [0.5, 0.6) is 0 Å². The second-order valence-corrected chi connectivity index (χ2v) is 4.58. The van der Waals surface area contributed by atoms with Gasteiger partial charge in [0, 0.05) is 11.1 Å². The van der Waals surface area contributed by atoms with Crippen molar-refractivity contribution >= 4 is 15.9 Å². The van der Waals surface area contributed by atoms with Crippen molar-refractivity contribution in [3.8, 4) is 0 Å². The van der Waals surface area contributed by atoms with Crippen LogP contribution in [0.3, 0.4) is 0 Å². The monoisotopic (exact) mass is 318 g/mol. The highest BCUT2D eigenvalue weighted by Crippen LogP contribution is 2.35. The highest BCUT2D eigenvalue weighted by Gasteiger charge is 2.22.